The molecule has 1 aromatic carbocycles. The summed E-state index contributed by atoms with van der Waals surface area (Å²) in [5, 5.41) is 13.9. The number of aliphatic hydroxyl groups excluding tert-OH is 1. The van der Waals surface area contributed by atoms with Crippen LogP contribution in [0.15, 0.2) is 24.3 Å². The number of aliphatic hydroxyl groups is 1. The first-order valence-corrected chi connectivity index (χ1v) is 6.36. The van der Waals surface area contributed by atoms with E-state index in [2.05, 4.69) is 11.4 Å². The number of benzene rings is 1. The van der Waals surface area contributed by atoms with Crippen molar-refractivity contribution in [1.29, 1.82) is 0 Å². The van der Waals surface area contributed by atoms with Crippen molar-refractivity contribution in [2.75, 3.05) is 7.11 Å². The number of fused-ring (bicyclic) bond motifs is 2. The van der Waals surface area contributed by atoms with E-state index in [1.54, 1.807) is 7.11 Å². The Kier molecular flexibility index (Phi) is 2.81. The number of hydrogen-bond acceptors (Lipinski definition) is 3. The van der Waals surface area contributed by atoms with Crippen molar-refractivity contribution in [2.24, 2.45) is 0 Å². The normalized spacial score (nSPS) is 35.9. The Morgan fingerprint density at radius 2 is 2.12 bits per heavy atom. The molecule has 2 aliphatic heterocycles. The van der Waals surface area contributed by atoms with Crippen LogP contribution in [0.1, 0.15) is 30.7 Å². The Bertz CT molecular complexity index is 407. The number of nitrogens with one attached hydrogen (secondary N) is 1. The fourth-order valence-corrected chi connectivity index (χ4v) is 3.32. The Hall–Kier alpha value is -1.06. The summed E-state index contributed by atoms with van der Waals surface area (Å²) in [6, 6.07) is 8.89. The lowest BCUT2D eigenvalue weighted by Gasteiger charge is -2.35. The molecular weight excluding hydrogens is 214 g/mol. The van der Waals surface area contributed by atoms with Gasteiger partial charge in [0.05, 0.1) is 13.2 Å². The van der Waals surface area contributed by atoms with E-state index in [1.165, 1.54) is 6.42 Å². The Morgan fingerprint density at radius 3 is 2.94 bits per heavy atom. The van der Waals surface area contributed by atoms with Crippen LogP contribution in [0.25, 0.3) is 0 Å². The summed E-state index contributed by atoms with van der Waals surface area (Å²) >= 11 is 0. The van der Waals surface area contributed by atoms with Crippen molar-refractivity contribution in [1.82, 2.24) is 5.32 Å². The molecule has 0 amide bonds. The van der Waals surface area contributed by atoms with Gasteiger partial charge in [0.1, 0.15) is 5.75 Å². The fourth-order valence-electron chi connectivity index (χ4n) is 3.32. The number of piperidine rings is 1. The summed E-state index contributed by atoms with van der Waals surface area (Å²) in [5.74, 6) is 1.11. The molecule has 2 N–H and O–H groups in total. The van der Waals surface area contributed by atoms with Crippen LogP contribution < -0.4 is 10.1 Å². The minimum Gasteiger partial charge on any atom is -0.496 e. The first-order valence-electron chi connectivity index (χ1n) is 6.36. The van der Waals surface area contributed by atoms with Gasteiger partial charge in [-0.2, -0.15) is 0 Å². The summed E-state index contributed by atoms with van der Waals surface area (Å²) in [6.07, 6.45) is 3.01. The standard InChI is InChI=1S/C14H19NO2/c1-17-13-5-3-2-4-10(13)11-8-9-6-7-12(15-9)14(11)16/h2-5,9,11-12,14-16H,6-8H2,1H3. The average Bonchev–Trinajstić information content (AvgIpc) is 2.78. The summed E-state index contributed by atoms with van der Waals surface area (Å²) in [6.45, 7) is 0. The number of rotatable bonds is 2. The zero-order chi connectivity index (χ0) is 11.8. The third kappa shape index (κ3) is 1.83. The maximum Gasteiger partial charge on any atom is 0.122 e. The second-order valence-electron chi connectivity index (χ2n) is 5.12. The van der Waals surface area contributed by atoms with Crippen LogP contribution >= 0.6 is 0 Å². The highest BCUT2D eigenvalue weighted by atomic mass is 16.5. The lowest BCUT2D eigenvalue weighted by Crippen LogP contribution is -2.47. The molecule has 2 fully saturated rings. The van der Waals surface area contributed by atoms with Crippen molar-refractivity contribution >= 4 is 0 Å². The zero-order valence-electron chi connectivity index (χ0n) is 10.1. The van der Waals surface area contributed by atoms with Crippen LogP contribution in [0.4, 0.5) is 0 Å². The quantitative estimate of drug-likeness (QED) is 0.816. The van der Waals surface area contributed by atoms with Crippen LogP contribution in [0.2, 0.25) is 0 Å². The molecule has 0 spiro atoms. The van der Waals surface area contributed by atoms with Crippen molar-refractivity contribution in [2.45, 2.75) is 43.4 Å². The lowest BCUT2D eigenvalue weighted by molar-refractivity contribution is 0.0796. The van der Waals surface area contributed by atoms with Crippen LogP contribution in [0.3, 0.4) is 0 Å². The minimum absolute atomic E-state index is 0.213. The molecule has 4 unspecified atom stereocenters. The first-order chi connectivity index (χ1) is 8.29. The average molecular weight is 233 g/mol. The highest BCUT2D eigenvalue weighted by molar-refractivity contribution is 5.38. The molecule has 2 aliphatic rings. The number of ether oxygens (including phenoxy) is 1. The summed E-state index contributed by atoms with van der Waals surface area (Å²) in [7, 11) is 1.70. The molecule has 0 radical (unpaired) electrons. The molecule has 3 nitrogen and oxygen atoms in total. The van der Waals surface area contributed by atoms with Crippen molar-refractivity contribution in [3.05, 3.63) is 29.8 Å². The van der Waals surface area contributed by atoms with Crippen molar-refractivity contribution in [3.63, 3.8) is 0 Å². The summed E-state index contributed by atoms with van der Waals surface area (Å²) in [4.78, 5) is 0. The molecule has 2 bridgehead atoms. The SMILES string of the molecule is COc1ccccc1C1CC2CCC(N2)C1O. The molecule has 3 rings (SSSR count). The van der Waals surface area contributed by atoms with E-state index in [9.17, 15) is 5.11 Å². The largest absolute Gasteiger partial charge is 0.496 e. The van der Waals surface area contributed by atoms with E-state index in [0.29, 0.717) is 6.04 Å². The summed E-state index contributed by atoms with van der Waals surface area (Å²) < 4.78 is 5.41. The Balaban J connectivity index is 1.93. The number of hydrogen-bond donors (Lipinski definition) is 2. The van der Waals surface area contributed by atoms with Gasteiger partial charge in [-0.15, -0.1) is 0 Å². The van der Waals surface area contributed by atoms with Gasteiger partial charge in [-0.1, -0.05) is 18.2 Å². The molecule has 0 aromatic heterocycles. The molecule has 92 valence electrons. The lowest BCUT2D eigenvalue weighted by atomic mass is 9.83. The van der Waals surface area contributed by atoms with E-state index >= 15 is 0 Å². The third-order valence-electron chi connectivity index (χ3n) is 4.18. The predicted octanol–water partition coefficient (Wildman–Crippen LogP) is 1.66. The van der Waals surface area contributed by atoms with Gasteiger partial charge in [-0.25, -0.2) is 0 Å². The van der Waals surface area contributed by atoms with E-state index in [4.69, 9.17) is 4.74 Å². The van der Waals surface area contributed by atoms with E-state index in [1.807, 2.05) is 18.2 Å². The molecule has 17 heavy (non-hydrogen) atoms. The van der Waals surface area contributed by atoms with Crippen LogP contribution in [0.5, 0.6) is 5.75 Å². The van der Waals surface area contributed by atoms with Crippen molar-refractivity contribution < 1.29 is 9.84 Å². The molecule has 0 saturated carbocycles. The maximum absolute atomic E-state index is 10.4. The Labute approximate surface area is 102 Å². The third-order valence-corrected chi connectivity index (χ3v) is 4.18. The molecule has 1 aromatic rings. The van der Waals surface area contributed by atoms with Crippen LogP contribution in [0, 0.1) is 0 Å². The number of methoxy groups -OCH3 is 1. The molecule has 2 saturated heterocycles. The molecule has 2 heterocycles. The van der Waals surface area contributed by atoms with Gasteiger partial charge in [-0.05, 0) is 30.9 Å². The van der Waals surface area contributed by atoms with Crippen LogP contribution in [-0.2, 0) is 0 Å². The first kappa shape index (κ1) is 11.1. The smallest absolute Gasteiger partial charge is 0.122 e. The number of para-hydroxylation sites is 1. The van der Waals surface area contributed by atoms with Gasteiger partial charge in [0, 0.05) is 18.0 Å². The van der Waals surface area contributed by atoms with Gasteiger partial charge in [0.25, 0.3) is 0 Å². The predicted molar refractivity (Wildman–Crippen MR) is 66.3 cm³/mol. The Morgan fingerprint density at radius 1 is 1.29 bits per heavy atom. The topological polar surface area (TPSA) is 41.5 Å². The monoisotopic (exact) mass is 233 g/mol. The fraction of sp³-hybridized carbons (Fsp3) is 0.571. The van der Waals surface area contributed by atoms with Crippen molar-refractivity contribution in [3.8, 4) is 5.75 Å². The van der Waals surface area contributed by atoms with Gasteiger partial charge < -0.3 is 15.2 Å². The molecule has 0 aliphatic carbocycles. The van der Waals surface area contributed by atoms with E-state index in [-0.39, 0.29) is 18.1 Å². The van der Waals surface area contributed by atoms with Gasteiger partial charge in [0.15, 0.2) is 0 Å². The highest BCUT2D eigenvalue weighted by Gasteiger charge is 2.41. The second-order valence-corrected chi connectivity index (χ2v) is 5.12. The minimum atomic E-state index is -0.287. The zero-order valence-corrected chi connectivity index (χ0v) is 10.1. The van der Waals surface area contributed by atoms with E-state index < -0.39 is 0 Å². The highest BCUT2D eigenvalue weighted by Crippen LogP contribution is 2.40. The summed E-state index contributed by atoms with van der Waals surface area (Å²) in [5.41, 5.74) is 1.15. The second kappa shape index (κ2) is 4.31. The van der Waals surface area contributed by atoms with Gasteiger partial charge in [0.2, 0.25) is 0 Å². The molecule has 4 atom stereocenters. The van der Waals surface area contributed by atoms with E-state index in [0.717, 1.165) is 24.2 Å². The maximum atomic E-state index is 10.4. The van der Waals surface area contributed by atoms with Gasteiger partial charge >= 0.3 is 0 Å². The molecular formula is C14H19NO2. The van der Waals surface area contributed by atoms with Crippen LogP contribution in [-0.4, -0.2) is 30.4 Å². The van der Waals surface area contributed by atoms with Gasteiger partial charge in [-0.3, -0.25) is 0 Å². The molecule has 3 heteroatoms.